The van der Waals surface area contributed by atoms with Gasteiger partial charge in [0.25, 0.3) is 5.91 Å². The van der Waals surface area contributed by atoms with E-state index in [1.54, 1.807) is 26.2 Å². The van der Waals surface area contributed by atoms with Gasteiger partial charge in [-0.3, -0.25) is 19.2 Å². The average molecular weight is 500 g/mol. The van der Waals surface area contributed by atoms with Crippen molar-refractivity contribution in [2.45, 2.75) is 32.2 Å². The summed E-state index contributed by atoms with van der Waals surface area (Å²) < 4.78 is 9.98. The molecule has 2 fully saturated rings. The molecule has 3 rings (SSSR count). The number of oxime groups is 1. The fourth-order valence-corrected chi connectivity index (χ4v) is 5.24. The number of ether oxygens (including phenoxy) is 2. The molecule has 2 saturated heterocycles. The number of amides is 2. The molecule has 0 aliphatic carbocycles. The molecule has 2 unspecified atom stereocenters. The van der Waals surface area contributed by atoms with Gasteiger partial charge in [0.15, 0.2) is 10.8 Å². The molecule has 0 spiro atoms. The minimum atomic E-state index is -0.975. The van der Waals surface area contributed by atoms with Gasteiger partial charge in [0.05, 0.1) is 11.3 Å². The molecule has 3 atom stereocenters. The highest BCUT2D eigenvalue weighted by Crippen LogP contribution is 2.42. The summed E-state index contributed by atoms with van der Waals surface area (Å²) in [6, 6.07) is -0.784. The van der Waals surface area contributed by atoms with E-state index in [0.717, 1.165) is 11.3 Å². The van der Waals surface area contributed by atoms with Crippen LogP contribution < -0.4 is 11.1 Å². The number of fused-ring (bicyclic) bond motifs is 1. The summed E-state index contributed by atoms with van der Waals surface area (Å²) in [6.07, 6.45) is 0. The van der Waals surface area contributed by atoms with Crippen LogP contribution in [0.2, 0.25) is 0 Å². The van der Waals surface area contributed by atoms with Gasteiger partial charge in [-0.2, -0.15) is 0 Å². The molecule has 0 radical (unpaired) electrons. The molecule has 14 heteroatoms. The van der Waals surface area contributed by atoms with Crippen LogP contribution in [0.1, 0.15) is 26.5 Å². The lowest BCUT2D eigenvalue weighted by molar-refractivity contribution is -0.177. The summed E-state index contributed by atoms with van der Waals surface area (Å²) in [6.45, 7) is 4.66. The van der Waals surface area contributed by atoms with Crippen molar-refractivity contribution in [3.8, 4) is 0 Å². The maximum absolute atomic E-state index is 12.7. The molecule has 1 aromatic heterocycles. The summed E-state index contributed by atoms with van der Waals surface area (Å²) >= 11 is 2.49. The lowest BCUT2D eigenvalue weighted by atomic mass is 9.89. The third-order valence-corrected chi connectivity index (χ3v) is 7.38. The first kappa shape index (κ1) is 24.8. The minimum Gasteiger partial charge on any atom is -0.428 e. The normalized spacial score (nSPS) is 24.6. The third-order valence-electron chi connectivity index (χ3n) is 5.04. The van der Waals surface area contributed by atoms with Gasteiger partial charge in [-0.05, 0) is 6.92 Å². The molecule has 3 heterocycles. The maximum atomic E-state index is 12.7. The monoisotopic (exact) mass is 499 g/mol. The van der Waals surface area contributed by atoms with Gasteiger partial charge < -0.3 is 30.3 Å². The van der Waals surface area contributed by atoms with E-state index in [2.05, 4.69) is 15.5 Å². The van der Waals surface area contributed by atoms with Gasteiger partial charge in [0, 0.05) is 17.7 Å². The van der Waals surface area contributed by atoms with E-state index in [0.29, 0.717) is 5.75 Å². The van der Waals surface area contributed by atoms with E-state index in [4.69, 9.17) is 20.0 Å². The molecular formula is C19H25N5O7S2. The van der Waals surface area contributed by atoms with E-state index in [1.165, 1.54) is 23.8 Å². The van der Waals surface area contributed by atoms with Gasteiger partial charge in [-0.1, -0.05) is 19.0 Å². The number of nitrogen functional groups attached to an aromatic ring is 1. The van der Waals surface area contributed by atoms with Crippen LogP contribution in [-0.2, 0) is 33.5 Å². The molecule has 2 aliphatic rings. The van der Waals surface area contributed by atoms with Crippen molar-refractivity contribution >= 4 is 57.7 Å². The number of anilines is 1. The minimum absolute atomic E-state index is 0.0955. The fraction of sp³-hybridized carbons (Fsp3) is 0.579. The second-order valence-corrected chi connectivity index (χ2v) is 10.0. The SMILES string of the molecule is CON=C(C(=O)NC1C(=O)N2CC(C)(C(=O)OCOC(=O)C(C)C)CS[C@H]12)c1csc(N)n1. The summed E-state index contributed by atoms with van der Waals surface area (Å²) in [4.78, 5) is 59.8. The van der Waals surface area contributed by atoms with Crippen LogP contribution in [0.4, 0.5) is 5.13 Å². The molecule has 0 saturated carbocycles. The Bertz CT molecular complexity index is 981. The summed E-state index contributed by atoms with van der Waals surface area (Å²) in [5, 5.41) is 7.86. The Balaban J connectivity index is 1.57. The molecule has 33 heavy (non-hydrogen) atoms. The number of carbonyl (C=O) groups excluding carboxylic acids is 4. The smallest absolute Gasteiger partial charge is 0.317 e. The zero-order valence-corrected chi connectivity index (χ0v) is 20.2. The maximum Gasteiger partial charge on any atom is 0.317 e. The Morgan fingerprint density at radius 1 is 1.39 bits per heavy atom. The number of nitrogens with zero attached hydrogens (tertiary/aromatic N) is 3. The van der Waals surface area contributed by atoms with Crippen LogP contribution in [0, 0.1) is 11.3 Å². The lowest BCUT2D eigenvalue weighted by Crippen LogP contribution is -2.73. The Hall–Kier alpha value is -2.87. The van der Waals surface area contributed by atoms with Crippen LogP contribution in [0.15, 0.2) is 10.5 Å². The van der Waals surface area contributed by atoms with Gasteiger partial charge in [-0.15, -0.1) is 23.1 Å². The van der Waals surface area contributed by atoms with Gasteiger partial charge in [0.2, 0.25) is 12.7 Å². The van der Waals surface area contributed by atoms with Crippen LogP contribution in [0.25, 0.3) is 0 Å². The number of nitrogens with one attached hydrogen (secondary N) is 1. The zero-order valence-electron chi connectivity index (χ0n) is 18.5. The largest absolute Gasteiger partial charge is 0.428 e. The standard InChI is InChI=1S/C19H25N5O7S2/c1-9(2)16(27)30-8-31-17(28)19(3)6-24-14(26)12(15(24)33-7-19)22-13(25)11(23-29-4)10-5-32-18(20)21-10/h5,9,12,15H,6-8H2,1-4H3,(H2,20,21)(H,22,25)/t12?,15-,19?/m1/s1. The molecule has 0 bridgehead atoms. The highest BCUT2D eigenvalue weighted by Gasteiger charge is 2.56. The molecule has 2 amide bonds. The number of nitrogens with two attached hydrogens (primary N) is 1. The Morgan fingerprint density at radius 3 is 2.73 bits per heavy atom. The number of rotatable bonds is 8. The molecule has 1 aromatic rings. The van der Waals surface area contributed by atoms with E-state index in [-0.39, 0.29) is 40.3 Å². The predicted molar refractivity (Wildman–Crippen MR) is 120 cm³/mol. The van der Waals surface area contributed by atoms with Crippen molar-refractivity contribution in [1.29, 1.82) is 0 Å². The van der Waals surface area contributed by atoms with E-state index in [9.17, 15) is 19.2 Å². The fourth-order valence-electron chi connectivity index (χ4n) is 3.21. The highest BCUT2D eigenvalue weighted by atomic mass is 32.2. The Kier molecular flexibility index (Phi) is 7.47. The number of β-lactam (4-membered cyclic amide) rings is 1. The molecule has 0 aromatic carbocycles. The number of carbonyl (C=O) groups is 4. The van der Waals surface area contributed by atoms with Crippen LogP contribution in [0.5, 0.6) is 0 Å². The van der Waals surface area contributed by atoms with Crippen LogP contribution in [0.3, 0.4) is 0 Å². The first-order valence-corrected chi connectivity index (χ1v) is 11.9. The molecule has 180 valence electrons. The number of hydrogen-bond acceptors (Lipinski definition) is 12. The van der Waals surface area contributed by atoms with Crippen molar-refractivity contribution in [2.75, 3.05) is 31.9 Å². The first-order valence-electron chi connectivity index (χ1n) is 9.96. The molecular weight excluding hydrogens is 474 g/mol. The highest BCUT2D eigenvalue weighted by molar-refractivity contribution is 8.00. The van der Waals surface area contributed by atoms with Crippen LogP contribution in [-0.4, -0.2) is 77.0 Å². The van der Waals surface area contributed by atoms with E-state index in [1.807, 2.05) is 0 Å². The van der Waals surface area contributed by atoms with Gasteiger partial charge in [-0.25, -0.2) is 4.98 Å². The first-order chi connectivity index (χ1) is 15.6. The quantitative estimate of drug-likeness (QED) is 0.166. The molecule has 12 nitrogen and oxygen atoms in total. The Labute approximate surface area is 198 Å². The van der Waals surface area contributed by atoms with Crippen molar-refractivity contribution in [1.82, 2.24) is 15.2 Å². The van der Waals surface area contributed by atoms with Crippen molar-refractivity contribution in [3.05, 3.63) is 11.1 Å². The second-order valence-electron chi connectivity index (χ2n) is 8.04. The average Bonchev–Trinajstić information content (AvgIpc) is 3.21. The zero-order chi connectivity index (χ0) is 24.3. The van der Waals surface area contributed by atoms with Crippen molar-refractivity contribution in [2.24, 2.45) is 16.5 Å². The number of hydrogen-bond donors (Lipinski definition) is 2. The number of esters is 2. The molecule has 3 N–H and O–H groups in total. The van der Waals surface area contributed by atoms with Crippen LogP contribution >= 0.6 is 23.1 Å². The van der Waals surface area contributed by atoms with E-state index < -0.39 is 36.1 Å². The van der Waals surface area contributed by atoms with E-state index >= 15 is 0 Å². The third kappa shape index (κ3) is 5.21. The molecule has 2 aliphatic heterocycles. The number of thiazole rings is 1. The van der Waals surface area contributed by atoms with Gasteiger partial charge in [0.1, 0.15) is 24.2 Å². The second kappa shape index (κ2) is 9.95. The predicted octanol–water partition coefficient (Wildman–Crippen LogP) is 0.182. The topological polar surface area (TPSA) is 163 Å². The summed E-state index contributed by atoms with van der Waals surface area (Å²) in [5.41, 5.74) is 4.79. The Morgan fingerprint density at radius 2 is 2.12 bits per heavy atom. The summed E-state index contributed by atoms with van der Waals surface area (Å²) in [7, 11) is 1.29. The summed E-state index contributed by atoms with van der Waals surface area (Å²) in [5.74, 6) is -1.98. The number of thioether (sulfide) groups is 1. The van der Waals surface area contributed by atoms with Gasteiger partial charge >= 0.3 is 11.9 Å². The van der Waals surface area contributed by atoms with Crippen molar-refractivity contribution in [3.63, 3.8) is 0 Å². The lowest BCUT2D eigenvalue weighted by Gasteiger charge is -2.53. The van der Waals surface area contributed by atoms with Crippen molar-refractivity contribution < 1.29 is 33.5 Å². The number of aromatic nitrogens is 1.